The molecule has 0 aromatic rings. The van der Waals surface area contributed by atoms with E-state index >= 15 is 0 Å². The number of carbonyl (C=O) groups is 1. The fraction of sp³-hybridized carbons (Fsp3) is 0.833. The maximum absolute atomic E-state index is 10.4. The number of likely N-dealkylation sites (tertiary alicyclic amines) is 1. The van der Waals surface area contributed by atoms with E-state index in [9.17, 15) is 4.79 Å². The zero-order chi connectivity index (χ0) is 7.72. The first-order valence-electron chi connectivity index (χ1n) is 3.30. The van der Waals surface area contributed by atoms with Crippen LogP contribution >= 0.6 is 0 Å². The van der Waals surface area contributed by atoms with Gasteiger partial charge in [-0.3, -0.25) is 0 Å². The van der Waals surface area contributed by atoms with Crippen LogP contribution in [0.4, 0.5) is 4.79 Å². The van der Waals surface area contributed by atoms with Crippen LogP contribution in [0.5, 0.6) is 0 Å². The zero-order valence-electron chi connectivity index (χ0n) is 5.82. The normalized spacial score (nSPS) is 32.8. The highest BCUT2D eigenvalue weighted by Gasteiger charge is 2.31. The lowest BCUT2D eigenvalue weighted by Crippen LogP contribution is -2.36. The summed E-state index contributed by atoms with van der Waals surface area (Å²) in [5.41, 5.74) is 0. The molecule has 58 valence electrons. The van der Waals surface area contributed by atoms with Crippen LogP contribution in [0.15, 0.2) is 0 Å². The van der Waals surface area contributed by atoms with Gasteiger partial charge in [-0.05, 0) is 13.3 Å². The fourth-order valence-corrected chi connectivity index (χ4v) is 1.19. The van der Waals surface area contributed by atoms with Gasteiger partial charge in [0.25, 0.3) is 0 Å². The Morgan fingerprint density at radius 3 is 2.50 bits per heavy atom. The van der Waals surface area contributed by atoms with E-state index in [1.165, 1.54) is 4.90 Å². The summed E-state index contributed by atoms with van der Waals surface area (Å²) >= 11 is 0. The summed E-state index contributed by atoms with van der Waals surface area (Å²) in [4.78, 5) is 11.6. The van der Waals surface area contributed by atoms with Crippen molar-refractivity contribution in [2.75, 3.05) is 6.54 Å². The molecule has 0 aromatic carbocycles. The summed E-state index contributed by atoms with van der Waals surface area (Å²) in [6.45, 7) is 2.17. The highest BCUT2D eigenvalue weighted by Crippen LogP contribution is 2.16. The number of rotatable bonds is 0. The van der Waals surface area contributed by atoms with Gasteiger partial charge in [-0.25, -0.2) is 4.79 Å². The Morgan fingerprint density at radius 1 is 1.70 bits per heavy atom. The van der Waals surface area contributed by atoms with Crippen LogP contribution in [0.25, 0.3) is 0 Å². The Hall–Kier alpha value is -0.770. The number of hydrogen-bond donors (Lipinski definition) is 2. The Balaban J connectivity index is 2.57. The van der Waals surface area contributed by atoms with Crippen molar-refractivity contribution in [3.8, 4) is 0 Å². The first-order chi connectivity index (χ1) is 4.63. The van der Waals surface area contributed by atoms with Crippen molar-refractivity contribution in [2.45, 2.75) is 25.5 Å². The molecule has 0 spiro atoms. The summed E-state index contributed by atoms with van der Waals surface area (Å²) < 4.78 is 0. The van der Waals surface area contributed by atoms with Gasteiger partial charge in [-0.2, -0.15) is 0 Å². The molecule has 1 aliphatic rings. The average Bonchev–Trinajstić information content (AvgIpc) is 2.14. The molecule has 0 aliphatic carbocycles. The van der Waals surface area contributed by atoms with E-state index in [1.54, 1.807) is 6.92 Å². The minimum Gasteiger partial charge on any atom is -0.465 e. The van der Waals surface area contributed by atoms with Crippen LogP contribution in [-0.4, -0.2) is 39.9 Å². The molecule has 1 aliphatic heterocycles. The Morgan fingerprint density at radius 2 is 2.30 bits per heavy atom. The summed E-state index contributed by atoms with van der Waals surface area (Å²) in [6.07, 6.45) is -0.854. The molecule has 10 heavy (non-hydrogen) atoms. The number of carboxylic acid groups (broad SMARTS) is 1. The predicted octanol–water partition coefficient (Wildman–Crippen LogP) is 0.120. The molecule has 1 rings (SSSR count). The summed E-state index contributed by atoms with van der Waals surface area (Å²) in [5, 5.41) is 17.6. The second-order valence-electron chi connectivity index (χ2n) is 2.57. The van der Waals surface area contributed by atoms with Crippen molar-refractivity contribution in [3.63, 3.8) is 0 Å². The summed E-state index contributed by atoms with van der Waals surface area (Å²) in [7, 11) is 0. The van der Waals surface area contributed by atoms with Gasteiger partial charge in [-0.15, -0.1) is 0 Å². The predicted molar refractivity (Wildman–Crippen MR) is 34.8 cm³/mol. The molecule has 1 amide bonds. The number of hydrogen-bond acceptors (Lipinski definition) is 2. The van der Waals surface area contributed by atoms with Crippen molar-refractivity contribution >= 4 is 6.09 Å². The second kappa shape index (κ2) is 2.46. The molecular weight excluding hydrogens is 134 g/mol. The Kier molecular flexibility index (Phi) is 1.80. The number of aliphatic hydroxyl groups excluding tert-OH is 1. The quantitative estimate of drug-likeness (QED) is 0.509. The lowest BCUT2D eigenvalue weighted by molar-refractivity contribution is 0.108. The smallest absolute Gasteiger partial charge is 0.407 e. The van der Waals surface area contributed by atoms with Crippen molar-refractivity contribution < 1.29 is 15.0 Å². The van der Waals surface area contributed by atoms with Gasteiger partial charge in [0.05, 0.1) is 12.1 Å². The van der Waals surface area contributed by atoms with Crippen molar-refractivity contribution in [1.82, 2.24) is 4.90 Å². The molecule has 0 bridgehead atoms. The monoisotopic (exact) mass is 145 g/mol. The lowest BCUT2D eigenvalue weighted by Gasteiger charge is -2.18. The maximum Gasteiger partial charge on any atom is 0.407 e. The lowest BCUT2D eigenvalue weighted by atomic mass is 10.2. The van der Waals surface area contributed by atoms with Crippen LogP contribution in [0.1, 0.15) is 13.3 Å². The molecule has 1 saturated heterocycles. The minimum atomic E-state index is -0.941. The van der Waals surface area contributed by atoms with Gasteiger partial charge in [0.1, 0.15) is 0 Å². The summed E-state index contributed by atoms with van der Waals surface area (Å²) in [6, 6.07) is -0.238. The fourth-order valence-electron chi connectivity index (χ4n) is 1.19. The van der Waals surface area contributed by atoms with Gasteiger partial charge in [-0.1, -0.05) is 0 Å². The van der Waals surface area contributed by atoms with Crippen molar-refractivity contribution in [3.05, 3.63) is 0 Å². The molecule has 1 fully saturated rings. The standard InChI is InChI=1S/C6H11NO3/c1-4-5(8)2-3-7(4)6(9)10/h4-5,8H,2-3H2,1H3,(H,9,10)/t4-,5-/m0/s1. The third-order valence-corrected chi connectivity index (χ3v) is 1.96. The first kappa shape index (κ1) is 7.34. The molecule has 1 heterocycles. The van der Waals surface area contributed by atoms with Crippen LogP contribution in [0, 0.1) is 0 Å². The molecule has 0 radical (unpaired) electrons. The van der Waals surface area contributed by atoms with Crippen molar-refractivity contribution in [2.24, 2.45) is 0 Å². The number of aliphatic hydroxyl groups is 1. The van der Waals surface area contributed by atoms with Crippen LogP contribution in [-0.2, 0) is 0 Å². The number of nitrogens with zero attached hydrogens (tertiary/aromatic N) is 1. The van der Waals surface area contributed by atoms with E-state index in [0.717, 1.165) is 0 Å². The maximum atomic E-state index is 10.4. The van der Waals surface area contributed by atoms with Gasteiger partial charge < -0.3 is 15.1 Å². The third-order valence-electron chi connectivity index (χ3n) is 1.96. The highest BCUT2D eigenvalue weighted by atomic mass is 16.4. The molecule has 2 N–H and O–H groups in total. The van der Waals surface area contributed by atoms with Gasteiger partial charge in [0, 0.05) is 6.54 Å². The zero-order valence-corrected chi connectivity index (χ0v) is 5.82. The topological polar surface area (TPSA) is 60.8 Å². The second-order valence-corrected chi connectivity index (χ2v) is 2.57. The van der Waals surface area contributed by atoms with E-state index in [2.05, 4.69) is 0 Å². The van der Waals surface area contributed by atoms with E-state index in [1.807, 2.05) is 0 Å². The average molecular weight is 145 g/mol. The van der Waals surface area contributed by atoms with Crippen LogP contribution in [0.2, 0.25) is 0 Å². The van der Waals surface area contributed by atoms with E-state index in [-0.39, 0.29) is 6.04 Å². The molecule has 4 nitrogen and oxygen atoms in total. The van der Waals surface area contributed by atoms with E-state index in [0.29, 0.717) is 13.0 Å². The summed E-state index contributed by atoms with van der Waals surface area (Å²) in [5.74, 6) is 0. The minimum absolute atomic E-state index is 0.238. The highest BCUT2D eigenvalue weighted by molar-refractivity contribution is 5.65. The number of amides is 1. The molecule has 0 saturated carbocycles. The van der Waals surface area contributed by atoms with Crippen LogP contribution in [0.3, 0.4) is 0 Å². The molecule has 0 aromatic heterocycles. The Bertz CT molecular complexity index is 148. The Labute approximate surface area is 59.1 Å². The molecule has 4 heteroatoms. The third kappa shape index (κ3) is 1.07. The van der Waals surface area contributed by atoms with Crippen molar-refractivity contribution in [1.29, 1.82) is 0 Å². The van der Waals surface area contributed by atoms with Gasteiger partial charge in [0.15, 0.2) is 0 Å². The van der Waals surface area contributed by atoms with Gasteiger partial charge in [0.2, 0.25) is 0 Å². The molecular formula is C6H11NO3. The van der Waals surface area contributed by atoms with Gasteiger partial charge >= 0.3 is 6.09 Å². The first-order valence-corrected chi connectivity index (χ1v) is 3.30. The molecule has 0 unspecified atom stereocenters. The largest absolute Gasteiger partial charge is 0.465 e. The van der Waals surface area contributed by atoms with Crippen LogP contribution < -0.4 is 0 Å². The SMILES string of the molecule is C[C@H]1[C@@H](O)CCN1C(=O)O. The molecule has 2 atom stereocenters. The van der Waals surface area contributed by atoms with E-state index < -0.39 is 12.2 Å². The van der Waals surface area contributed by atoms with E-state index in [4.69, 9.17) is 10.2 Å².